The second kappa shape index (κ2) is 4.90. The van der Waals surface area contributed by atoms with Gasteiger partial charge in [0.05, 0.1) is 17.9 Å². The molecule has 0 atom stereocenters. The van der Waals surface area contributed by atoms with Crippen LogP contribution in [0.4, 0.5) is 5.69 Å². The molecule has 3 rings (SSSR count). The van der Waals surface area contributed by atoms with Crippen LogP contribution in [0, 0.1) is 12.3 Å². The van der Waals surface area contributed by atoms with Gasteiger partial charge in [-0.1, -0.05) is 42.0 Å². The first-order valence-corrected chi connectivity index (χ1v) is 6.44. The third-order valence-electron chi connectivity index (χ3n) is 3.33. The molecule has 0 spiro atoms. The Morgan fingerprint density at radius 1 is 1.15 bits per heavy atom. The Balaban J connectivity index is 2.23. The topological polar surface area (TPSA) is 59.7 Å². The van der Waals surface area contributed by atoms with E-state index in [9.17, 15) is 5.21 Å². The Kier molecular flexibility index (Phi) is 3.08. The number of fused-ring (bicyclic) bond motifs is 1. The van der Waals surface area contributed by atoms with Crippen molar-refractivity contribution < 1.29 is 5.21 Å². The molecule has 2 N–H and O–H groups in total. The van der Waals surface area contributed by atoms with Crippen LogP contribution in [0.3, 0.4) is 0 Å². The highest BCUT2D eigenvalue weighted by molar-refractivity contribution is 6.19. The van der Waals surface area contributed by atoms with Crippen molar-refractivity contribution in [3.05, 3.63) is 65.2 Å². The summed E-state index contributed by atoms with van der Waals surface area (Å²) in [4.78, 5) is 4.50. The molecule has 0 saturated carbocycles. The zero-order valence-electron chi connectivity index (χ0n) is 11.2. The van der Waals surface area contributed by atoms with Crippen molar-refractivity contribution in [1.82, 2.24) is 0 Å². The highest BCUT2D eigenvalue weighted by atomic mass is 16.5. The van der Waals surface area contributed by atoms with E-state index in [0.29, 0.717) is 5.69 Å². The van der Waals surface area contributed by atoms with E-state index in [0.717, 1.165) is 27.5 Å². The minimum absolute atomic E-state index is 0.0704. The average Bonchev–Trinajstić information content (AvgIpc) is 2.58. The molecule has 4 nitrogen and oxygen atoms in total. The first kappa shape index (κ1) is 12.6. The van der Waals surface area contributed by atoms with Crippen LogP contribution in [-0.2, 0) is 0 Å². The van der Waals surface area contributed by atoms with Gasteiger partial charge in [-0.2, -0.15) is 0 Å². The van der Waals surface area contributed by atoms with Crippen molar-refractivity contribution >= 4 is 17.2 Å². The number of hydrogen-bond acceptors (Lipinski definition) is 3. The van der Waals surface area contributed by atoms with Crippen LogP contribution in [0.25, 0.3) is 0 Å². The Morgan fingerprint density at radius 2 is 1.90 bits per heavy atom. The lowest BCUT2D eigenvalue weighted by Crippen LogP contribution is -2.27. The van der Waals surface area contributed by atoms with E-state index in [1.54, 1.807) is 0 Å². The summed E-state index contributed by atoms with van der Waals surface area (Å²) in [5, 5.41) is 18.9. The molecule has 0 fully saturated rings. The number of hydroxylamine groups is 1. The highest BCUT2D eigenvalue weighted by Gasteiger charge is 2.21. The minimum Gasteiger partial charge on any atom is -0.285 e. The van der Waals surface area contributed by atoms with Gasteiger partial charge >= 0.3 is 0 Å². The number of rotatable bonds is 1. The fraction of sp³-hybridized carbons (Fsp3) is 0.125. The third-order valence-corrected chi connectivity index (χ3v) is 3.33. The maximum atomic E-state index is 10.1. The monoisotopic (exact) mass is 265 g/mol. The molecule has 2 aromatic rings. The quantitative estimate of drug-likeness (QED) is 0.832. The molecule has 0 aromatic heterocycles. The van der Waals surface area contributed by atoms with Gasteiger partial charge in [0, 0.05) is 11.1 Å². The Hall–Kier alpha value is -2.46. The summed E-state index contributed by atoms with van der Waals surface area (Å²) in [7, 11) is 0. The number of hydrogen-bond donors (Lipinski definition) is 2. The summed E-state index contributed by atoms with van der Waals surface area (Å²) in [5.41, 5.74) is 4.34. The van der Waals surface area contributed by atoms with Gasteiger partial charge in [-0.25, -0.2) is 5.06 Å². The third kappa shape index (κ3) is 2.10. The molecule has 4 heteroatoms. The van der Waals surface area contributed by atoms with Gasteiger partial charge in [0.2, 0.25) is 0 Å². The SMILES string of the molecule is Cc1ccc2c(c1)C(c1ccccc1)=NCC(=N)N2O. The molecule has 0 amide bonds. The molecule has 20 heavy (non-hydrogen) atoms. The molecule has 0 saturated heterocycles. The number of amidine groups is 1. The molecule has 0 radical (unpaired) electrons. The zero-order valence-corrected chi connectivity index (χ0v) is 11.2. The molecule has 1 heterocycles. The van der Waals surface area contributed by atoms with Crippen LogP contribution in [0.5, 0.6) is 0 Å². The van der Waals surface area contributed by atoms with Gasteiger partial charge in [0.15, 0.2) is 0 Å². The number of benzene rings is 2. The number of nitrogens with zero attached hydrogens (tertiary/aromatic N) is 2. The molecule has 0 aliphatic carbocycles. The standard InChI is InChI=1S/C16H15N3O/c1-11-7-8-14-13(9-11)16(12-5-3-2-4-6-12)18-10-15(17)19(14)20/h2-9,17,20H,10H2,1H3. The summed E-state index contributed by atoms with van der Waals surface area (Å²) in [6.45, 7) is 2.16. The van der Waals surface area contributed by atoms with Crippen molar-refractivity contribution in [2.75, 3.05) is 11.6 Å². The van der Waals surface area contributed by atoms with E-state index < -0.39 is 0 Å². The first-order valence-electron chi connectivity index (χ1n) is 6.44. The summed E-state index contributed by atoms with van der Waals surface area (Å²) in [5.74, 6) is 0.0704. The van der Waals surface area contributed by atoms with Gasteiger partial charge in [0.25, 0.3) is 0 Å². The van der Waals surface area contributed by atoms with Crippen LogP contribution in [-0.4, -0.2) is 23.3 Å². The molecule has 1 aliphatic rings. The zero-order chi connectivity index (χ0) is 14.1. The van der Waals surface area contributed by atoms with Gasteiger partial charge < -0.3 is 0 Å². The lowest BCUT2D eigenvalue weighted by Gasteiger charge is -2.17. The van der Waals surface area contributed by atoms with Gasteiger partial charge in [-0.15, -0.1) is 0 Å². The van der Waals surface area contributed by atoms with E-state index >= 15 is 0 Å². The van der Waals surface area contributed by atoms with E-state index in [1.165, 1.54) is 0 Å². The lowest BCUT2D eigenvalue weighted by molar-refractivity contribution is 0.310. The predicted molar refractivity (Wildman–Crippen MR) is 80.1 cm³/mol. The largest absolute Gasteiger partial charge is 0.285 e. The summed E-state index contributed by atoms with van der Waals surface area (Å²) < 4.78 is 0. The maximum absolute atomic E-state index is 10.1. The minimum atomic E-state index is 0.0704. The van der Waals surface area contributed by atoms with Gasteiger partial charge in [0.1, 0.15) is 5.84 Å². The predicted octanol–water partition coefficient (Wildman–Crippen LogP) is 3.02. The number of aryl methyl sites for hydroxylation is 1. The number of nitrogens with one attached hydrogen (secondary N) is 1. The maximum Gasteiger partial charge on any atom is 0.148 e. The second-order valence-corrected chi connectivity index (χ2v) is 4.81. The summed E-state index contributed by atoms with van der Waals surface area (Å²) in [6, 6.07) is 15.6. The first-order chi connectivity index (χ1) is 9.66. The molecule has 0 unspecified atom stereocenters. The van der Waals surface area contributed by atoms with Crippen LogP contribution < -0.4 is 5.06 Å². The normalized spacial score (nSPS) is 14.6. The van der Waals surface area contributed by atoms with Gasteiger partial charge in [-0.3, -0.25) is 15.6 Å². The number of aliphatic imine (C=N–C) groups is 1. The van der Waals surface area contributed by atoms with Crippen LogP contribution in [0.15, 0.2) is 53.5 Å². The fourth-order valence-electron chi connectivity index (χ4n) is 2.32. The summed E-state index contributed by atoms with van der Waals surface area (Å²) >= 11 is 0. The van der Waals surface area contributed by atoms with Crippen LogP contribution in [0.2, 0.25) is 0 Å². The fourth-order valence-corrected chi connectivity index (χ4v) is 2.32. The number of benzodiazepines with no additional fused rings is 1. The van der Waals surface area contributed by atoms with Crippen molar-refractivity contribution in [3.63, 3.8) is 0 Å². The Morgan fingerprint density at radius 3 is 2.65 bits per heavy atom. The lowest BCUT2D eigenvalue weighted by atomic mass is 9.99. The molecular formula is C16H15N3O. The molecule has 0 bridgehead atoms. The average molecular weight is 265 g/mol. The van der Waals surface area contributed by atoms with Crippen molar-refractivity contribution in [2.24, 2.45) is 4.99 Å². The van der Waals surface area contributed by atoms with Crippen molar-refractivity contribution in [2.45, 2.75) is 6.92 Å². The van der Waals surface area contributed by atoms with E-state index in [1.807, 2.05) is 55.5 Å². The van der Waals surface area contributed by atoms with Crippen LogP contribution >= 0.6 is 0 Å². The Labute approximate surface area is 117 Å². The molecule has 100 valence electrons. The Bertz CT molecular complexity index is 692. The highest BCUT2D eigenvalue weighted by Crippen LogP contribution is 2.26. The molecule has 2 aromatic carbocycles. The molecular weight excluding hydrogens is 250 g/mol. The number of anilines is 1. The van der Waals surface area contributed by atoms with Crippen molar-refractivity contribution in [3.8, 4) is 0 Å². The van der Waals surface area contributed by atoms with E-state index in [2.05, 4.69) is 4.99 Å². The smallest absolute Gasteiger partial charge is 0.148 e. The van der Waals surface area contributed by atoms with E-state index in [-0.39, 0.29) is 12.4 Å². The van der Waals surface area contributed by atoms with Gasteiger partial charge in [-0.05, 0) is 19.1 Å². The van der Waals surface area contributed by atoms with Crippen molar-refractivity contribution in [1.29, 1.82) is 5.41 Å². The summed E-state index contributed by atoms with van der Waals surface area (Å²) in [6.07, 6.45) is 0. The second-order valence-electron chi connectivity index (χ2n) is 4.81. The van der Waals surface area contributed by atoms with E-state index in [4.69, 9.17) is 5.41 Å². The van der Waals surface area contributed by atoms with Crippen LogP contribution in [0.1, 0.15) is 16.7 Å². The molecule has 1 aliphatic heterocycles.